The third-order valence-electron chi connectivity index (χ3n) is 5.61. The van der Waals surface area contributed by atoms with Crippen molar-refractivity contribution in [2.45, 2.75) is 37.7 Å². The normalized spacial score (nSPS) is 18.4. The van der Waals surface area contributed by atoms with E-state index in [1.807, 2.05) is 0 Å². The lowest BCUT2D eigenvalue weighted by molar-refractivity contribution is 0.173. The number of hydrogen-bond acceptors (Lipinski definition) is 4. The second-order valence-corrected chi connectivity index (χ2v) is 7.51. The van der Waals surface area contributed by atoms with Crippen LogP contribution in [0.3, 0.4) is 0 Å². The van der Waals surface area contributed by atoms with Crippen molar-refractivity contribution in [1.82, 2.24) is 14.8 Å². The highest BCUT2D eigenvalue weighted by Gasteiger charge is 2.26. The molecule has 5 rings (SSSR count). The highest BCUT2D eigenvalue weighted by atomic mass is 16.5. The first-order valence-electron chi connectivity index (χ1n) is 9.57. The molecule has 5 nitrogen and oxygen atoms in total. The van der Waals surface area contributed by atoms with E-state index in [2.05, 4.69) is 69.3 Å². The van der Waals surface area contributed by atoms with Gasteiger partial charge in [-0.1, -0.05) is 6.07 Å². The summed E-state index contributed by atoms with van der Waals surface area (Å²) < 4.78 is 8.48. The van der Waals surface area contributed by atoms with Crippen molar-refractivity contribution in [3.05, 3.63) is 48.3 Å². The Morgan fingerprint density at radius 2 is 1.81 bits per heavy atom. The van der Waals surface area contributed by atoms with Crippen LogP contribution in [0.15, 0.2) is 42.6 Å². The molecule has 1 saturated heterocycles. The number of anilines is 1. The van der Waals surface area contributed by atoms with Crippen LogP contribution in [0.2, 0.25) is 0 Å². The molecule has 0 N–H and O–H groups in total. The van der Waals surface area contributed by atoms with Crippen LogP contribution in [0.5, 0.6) is 5.75 Å². The third kappa shape index (κ3) is 2.91. The second-order valence-electron chi connectivity index (χ2n) is 7.51. The van der Waals surface area contributed by atoms with Crippen LogP contribution in [0.4, 0.5) is 5.82 Å². The van der Waals surface area contributed by atoms with E-state index in [0.29, 0.717) is 5.92 Å². The first kappa shape index (κ1) is 15.7. The van der Waals surface area contributed by atoms with E-state index in [4.69, 9.17) is 4.74 Å². The number of hydrogen-bond donors (Lipinski definition) is 0. The molecule has 26 heavy (non-hydrogen) atoms. The van der Waals surface area contributed by atoms with E-state index in [1.54, 1.807) is 0 Å². The Labute approximate surface area is 153 Å². The molecule has 2 aliphatic rings. The smallest absolute Gasteiger partial charge is 0.151 e. The lowest BCUT2D eigenvalue weighted by atomic mass is 10.1. The van der Waals surface area contributed by atoms with Gasteiger partial charge in [-0.25, -0.2) is 0 Å². The molecular weight excluding hydrogens is 324 g/mol. The summed E-state index contributed by atoms with van der Waals surface area (Å²) in [5.74, 6) is 2.66. The summed E-state index contributed by atoms with van der Waals surface area (Å²) in [6.45, 7) is 1.93. The number of nitrogens with zero attached hydrogens (tertiary/aromatic N) is 4. The van der Waals surface area contributed by atoms with Gasteiger partial charge in [-0.2, -0.15) is 5.10 Å². The Balaban J connectivity index is 1.24. The van der Waals surface area contributed by atoms with Crippen LogP contribution in [-0.4, -0.2) is 34.0 Å². The SMILES string of the molecule is Cn1ccc2c(OC3CCN(c4ccc(C5CC5)nn4)CC3)cccc21. The Bertz CT molecular complexity index is 905. The predicted octanol–water partition coefficient (Wildman–Crippen LogP) is 3.89. The molecular formula is C21H24N4O. The summed E-state index contributed by atoms with van der Waals surface area (Å²) >= 11 is 0. The van der Waals surface area contributed by atoms with Crippen LogP contribution in [0.1, 0.15) is 37.3 Å². The van der Waals surface area contributed by atoms with E-state index in [-0.39, 0.29) is 6.10 Å². The van der Waals surface area contributed by atoms with Gasteiger partial charge in [0, 0.05) is 50.5 Å². The minimum absolute atomic E-state index is 0.260. The molecule has 0 unspecified atom stereocenters. The zero-order valence-corrected chi connectivity index (χ0v) is 15.1. The van der Waals surface area contributed by atoms with E-state index in [0.717, 1.165) is 43.2 Å². The molecule has 2 fully saturated rings. The van der Waals surface area contributed by atoms with E-state index >= 15 is 0 Å². The topological polar surface area (TPSA) is 43.2 Å². The van der Waals surface area contributed by atoms with Crippen molar-refractivity contribution >= 4 is 16.7 Å². The fraction of sp³-hybridized carbons (Fsp3) is 0.429. The van der Waals surface area contributed by atoms with Crippen molar-refractivity contribution < 1.29 is 4.74 Å². The molecule has 134 valence electrons. The fourth-order valence-corrected chi connectivity index (χ4v) is 3.86. The van der Waals surface area contributed by atoms with Gasteiger partial charge in [0.2, 0.25) is 0 Å². The molecule has 1 aromatic carbocycles. The van der Waals surface area contributed by atoms with Crippen LogP contribution in [0, 0.1) is 0 Å². The Hall–Kier alpha value is -2.56. The molecule has 1 aliphatic carbocycles. The second kappa shape index (κ2) is 6.31. The van der Waals surface area contributed by atoms with E-state index in [1.165, 1.54) is 23.7 Å². The van der Waals surface area contributed by atoms with Gasteiger partial charge in [-0.3, -0.25) is 0 Å². The van der Waals surface area contributed by atoms with Gasteiger partial charge in [-0.15, -0.1) is 5.10 Å². The zero-order chi connectivity index (χ0) is 17.5. The average Bonchev–Trinajstić information content (AvgIpc) is 3.46. The summed E-state index contributed by atoms with van der Waals surface area (Å²) in [6, 6.07) is 12.7. The summed E-state index contributed by atoms with van der Waals surface area (Å²) in [4.78, 5) is 2.33. The van der Waals surface area contributed by atoms with Gasteiger partial charge < -0.3 is 14.2 Å². The first-order valence-corrected chi connectivity index (χ1v) is 9.57. The molecule has 1 aliphatic heterocycles. The van der Waals surface area contributed by atoms with Gasteiger partial charge in [0.1, 0.15) is 11.9 Å². The molecule has 0 spiro atoms. The number of rotatable bonds is 4. The summed E-state index contributed by atoms with van der Waals surface area (Å²) in [7, 11) is 2.07. The number of fused-ring (bicyclic) bond motifs is 1. The average molecular weight is 348 g/mol. The number of ether oxygens (including phenoxy) is 1. The largest absolute Gasteiger partial charge is 0.490 e. The zero-order valence-electron chi connectivity index (χ0n) is 15.1. The van der Waals surface area contributed by atoms with Crippen molar-refractivity contribution in [1.29, 1.82) is 0 Å². The van der Waals surface area contributed by atoms with Crippen molar-refractivity contribution in [2.24, 2.45) is 7.05 Å². The maximum atomic E-state index is 6.35. The molecule has 0 bridgehead atoms. The highest BCUT2D eigenvalue weighted by Crippen LogP contribution is 2.38. The number of aromatic nitrogens is 3. The van der Waals surface area contributed by atoms with Crippen molar-refractivity contribution in [2.75, 3.05) is 18.0 Å². The lowest BCUT2D eigenvalue weighted by Gasteiger charge is -2.32. The number of piperidine rings is 1. The van der Waals surface area contributed by atoms with Crippen molar-refractivity contribution in [3.63, 3.8) is 0 Å². The molecule has 5 heteroatoms. The Morgan fingerprint density at radius 3 is 2.54 bits per heavy atom. The third-order valence-corrected chi connectivity index (χ3v) is 5.61. The Kier molecular flexibility index (Phi) is 3.80. The quantitative estimate of drug-likeness (QED) is 0.717. The van der Waals surface area contributed by atoms with Gasteiger partial charge in [0.05, 0.1) is 11.2 Å². The van der Waals surface area contributed by atoms with Crippen LogP contribution in [-0.2, 0) is 7.05 Å². The monoisotopic (exact) mass is 348 g/mol. The van der Waals surface area contributed by atoms with Gasteiger partial charge >= 0.3 is 0 Å². The summed E-state index contributed by atoms with van der Waals surface area (Å²) in [5.41, 5.74) is 2.37. The van der Waals surface area contributed by atoms with E-state index in [9.17, 15) is 0 Å². The minimum atomic E-state index is 0.260. The molecule has 1 saturated carbocycles. The predicted molar refractivity (Wildman–Crippen MR) is 103 cm³/mol. The Morgan fingerprint density at radius 1 is 0.962 bits per heavy atom. The number of benzene rings is 1. The van der Waals surface area contributed by atoms with Gasteiger partial charge in [0.25, 0.3) is 0 Å². The molecule has 0 atom stereocenters. The summed E-state index contributed by atoms with van der Waals surface area (Å²) in [6.07, 6.45) is 6.90. The van der Waals surface area contributed by atoms with E-state index < -0.39 is 0 Å². The standard InChI is InChI=1S/C21H24N4O/c1-24-12-11-17-19(24)3-2-4-20(17)26-16-9-13-25(14-10-16)21-8-7-18(22-23-21)15-5-6-15/h2-4,7-8,11-12,15-16H,5-6,9-10,13-14H2,1H3. The highest BCUT2D eigenvalue weighted by molar-refractivity contribution is 5.86. The minimum Gasteiger partial charge on any atom is -0.490 e. The fourth-order valence-electron chi connectivity index (χ4n) is 3.86. The number of aryl methyl sites for hydroxylation is 1. The molecule has 0 radical (unpaired) electrons. The maximum absolute atomic E-state index is 6.35. The molecule has 3 heterocycles. The van der Waals surface area contributed by atoms with Crippen LogP contribution in [0.25, 0.3) is 10.9 Å². The van der Waals surface area contributed by atoms with Crippen molar-refractivity contribution in [3.8, 4) is 5.75 Å². The maximum Gasteiger partial charge on any atom is 0.151 e. The van der Waals surface area contributed by atoms with Gasteiger partial charge in [-0.05, 0) is 43.2 Å². The summed E-state index contributed by atoms with van der Waals surface area (Å²) in [5, 5.41) is 10.1. The van der Waals surface area contributed by atoms with Crippen LogP contribution >= 0.6 is 0 Å². The lowest BCUT2D eigenvalue weighted by Crippen LogP contribution is -2.38. The first-order chi connectivity index (χ1) is 12.8. The molecule has 3 aromatic rings. The van der Waals surface area contributed by atoms with Crippen LogP contribution < -0.4 is 9.64 Å². The van der Waals surface area contributed by atoms with Gasteiger partial charge in [0.15, 0.2) is 5.82 Å². The molecule has 0 amide bonds. The molecule has 2 aromatic heterocycles.